The first kappa shape index (κ1) is 21.4. The van der Waals surface area contributed by atoms with Crippen molar-refractivity contribution >= 4 is 11.9 Å². The summed E-state index contributed by atoms with van der Waals surface area (Å²) >= 11 is 0. The van der Waals surface area contributed by atoms with Gasteiger partial charge in [0.2, 0.25) is 11.7 Å². The number of anilines is 1. The van der Waals surface area contributed by atoms with E-state index in [0.717, 1.165) is 37.9 Å². The first-order chi connectivity index (χ1) is 15.0. The SMILES string of the molecule is CCOC(=O)c1nc(N2CCC3(CCCO3)CC2)n(C)c(=O)c1OCc1ccccc1. The highest BCUT2D eigenvalue weighted by Gasteiger charge is 2.39. The molecule has 1 spiro atoms. The Balaban J connectivity index is 1.62. The zero-order valence-corrected chi connectivity index (χ0v) is 18.1. The van der Waals surface area contributed by atoms with Crippen LogP contribution in [0, 0.1) is 0 Å². The molecule has 1 aromatic carbocycles. The smallest absolute Gasteiger partial charge is 0.361 e. The number of esters is 1. The Morgan fingerprint density at radius 3 is 2.58 bits per heavy atom. The second kappa shape index (κ2) is 9.09. The van der Waals surface area contributed by atoms with Crippen LogP contribution in [0.5, 0.6) is 5.75 Å². The Morgan fingerprint density at radius 1 is 1.19 bits per heavy atom. The minimum Gasteiger partial charge on any atom is -0.481 e. The maximum atomic E-state index is 13.2. The van der Waals surface area contributed by atoms with Gasteiger partial charge in [-0.2, -0.15) is 0 Å². The summed E-state index contributed by atoms with van der Waals surface area (Å²) in [5, 5.41) is 0. The number of rotatable bonds is 6. The van der Waals surface area contributed by atoms with Crippen LogP contribution in [-0.2, 0) is 23.1 Å². The fourth-order valence-electron chi connectivity index (χ4n) is 4.31. The van der Waals surface area contributed by atoms with Gasteiger partial charge in [0.1, 0.15) is 6.61 Å². The molecule has 0 unspecified atom stereocenters. The van der Waals surface area contributed by atoms with Crippen LogP contribution < -0.4 is 15.2 Å². The van der Waals surface area contributed by atoms with Gasteiger partial charge in [-0.3, -0.25) is 9.36 Å². The molecule has 0 N–H and O–H groups in total. The van der Waals surface area contributed by atoms with Gasteiger partial charge in [0.05, 0.1) is 12.2 Å². The molecule has 4 rings (SSSR count). The lowest BCUT2D eigenvalue weighted by molar-refractivity contribution is -0.0149. The van der Waals surface area contributed by atoms with E-state index in [1.807, 2.05) is 35.2 Å². The van der Waals surface area contributed by atoms with Crippen LogP contribution in [0.2, 0.25) is 0 Å². The van der Waals surface area contributed by atoms with Gasteiger partial charge < -0.3 is 19.1 Å². The Labute approximate surface area is 181 Å². The Bertz CT molecular complexity index is 973. The number of carbonyl (C=O) groups excluding carboxylic acids is 1. The number of hydrogen-bond acceptors (Lipinski definition) is 7. The molecule has 2 aromatic rings. The van der Waals surface area contributed by atoms with E-state index in [1.54, 1.807) is 14.0 Å². The van der Waals surface area contributed by atoms with Gasteiger partial charge in [0.15, 0.2) is 5.69 Å². The molecule has 2 saturated heterocycles. The average molecular weight is 428 g/mol. The monoisotopic (exact) mass is 427 g/mol. The molecule has 8 heteroatoms. The van der Waals surface area contributed by atoms with Gasteiger partial charge in [0, 0.05) is 26.7 Å². The Kier molecular flexibility index (Phi) is 6.27. The van der Waals surface area contributed by atoms with Crippen molar-refractivity contribution in [3.05, 3.63) is 51.9 Å². The molecule has 3 heterocycles. The van der Waals surface area contributed by atoms with Gasteiger partial charge >= 0.3 is 5.97 Å². The Morgan fingerprint density at radius 2 is 1.94 bits per heavy atom. The van der Waals surface area contributed by atoms with Crippen molar-refractivity contribution < 1.29 is 19.0 Å². The highest BCUT2D eigenvalue weighted by atomic mass is 16.5. The highest BCUT2D eigenvalue weighted by Crippen LogP contribution is 2.36. The minimum absolute atomic E-state index is 0.0436. The second-order valence-electron chi connectivity index (χ2n) is 8.07. The third kappa shape index (κ3) is 4.44. The van der Waals surface area contributed by atoms with Crippen LogP contribution in [0.25, 0.3) is 0 Å². The van der Waals surface area contributed by atoms with Crippen molar-refractivity contribution in [3.63, 3.8) is 0 Å². The lowest BCUT2D eigenvalue weighted by atomic mass is 9.89. The standard InChI is InChI=1S/C23H29N3O5/c1-3-29-21(28)18-19(30-16-17-8-5-4-6-9-17)20(27)25(2)22(24-18)26-13-11-23(12-14-26)10-7-15-31-23/h4-6,8-9H,3,7,10-16H2,1-2H3. The van der Waals surface area contributed by atoms with E-state index in [2.05, 4.69) is 4.98 Å². The number of hydrogen-bond donors (Lipinski definition) is 0. The third-order valence-electron chi connectivity index (χ3n) is 6.06. The van der Waals surface area contributed by atoms with Gasteiger partial charge in [-0.15, -0.1) is 0 Å². The summed E-state index contributed by atoms with van der Waals surface area (Å²) in [6.07, 6.45) is 3.93. The minimum atomic E-state index is -0.655. The predicted octanol–water partition coefficient (Wildman–Crippen LogP) is 2.69. The first-order valence-electron chi connectivity index (χ1n) is 10.9. The highest BCUT2D eigenvalue weighted by molar-refractivity contribution is 5.90. The van der Waals surface area contributed by atoms with Crippen molar-refractivity contribution in [2.45, 2.75) is 44.8 Å². The van der Waals surface area contributed by atoms with Crippen LogP contribution in [0.15, 0.2) is 35.1 Å². The molecule has 0 aliphatic carbocycles. The van der Waals surface area contributed by atoms with E-state index >= 15 is 0 Å². The summed E-state index contributed by atoms with van der Waals surface area (Å²) in [4.78, 5) is 32.4. The zero-order valence-electron chi connectivity index (χ0n) is 18.1. The van der Waals surface area contributed by atoms with Crippen LogP contribution >= 0.6 is 0 Å². The molecule has 0 radical (unpaired) electrons. The molecule has 0 atom stereocenters. The third-order valence-corrected chi connectivity index (χ3v) is 6.06. The molecule has 2 fully saturated rings. The van der Waals surface area contributed by atoms with Crippen molar-refractivity contribution in [3.8, 4) is 5.75 Å². The molecule has 166 valence electrons. The van der Waals surface area contributed by atoms with Crippen molar-refractivity contribution in [1.29, 1.82) is 0 Å². The van der Waals surface area contributed by atoms with Gasteiger partial charge in [0.25, 0.3) is 5.56 Å². The van der Waals surface area contributed by atoms with E-state index in [1.165, 1.54) is 4.57 Å². The molecular formula is C23H29N3O5. The molecule has 0 saturated carbocycles. The Hall–Kier alpha value is -2.87. The number of piperidine rings is 1. The molecular weight excluding hydrogens is 398 g/mol. The number of ether oxygens (including phenoxy) is 3. The van der Waals surface area contributed by atoms with Crippen LogP contribution in [-0.4, -0.2) is 47.4 Å². The summed E-state index contributed by atoms with van der Waals surface area (Å²) in [5.41, 5.74) is 0.369. The van der Waals surface area contributed by atoms with Gasteiger partial charge in [-0.25, -0.2) is 9.78 Å². The molecule has 1 aromatic heterocycles. The van der Waals surface area contributed by atoms with E-state index in [0.29, 0.717) is 19.0 Å². The van der Waals surface area contributed by atoms with Gasteiger partial charge in [-0.05, 0) is 38.2 Å². The molecule has 31 heavy (non-hydrogen) atoms. The van der Waals surface area contributed by atoms with E-state index in [-0.39, 0.29) is 30.3 Å². The van der Waals surface area contributed by atoms with E-state index < -0.39 is 11.5 Å². The zero-order chi connectivity index (χ0) is 21.8. The summed E-state index contributed by atoms with van der Waals surface area (Å²) in [6.45, 7) is 4.31. The van der Waals surface area contributed by atoms with E-state index in [4.69, 9.17) is 14.2 Å². The van der Waals surface area contributed by atoms with Crippen molar-refractivity contribution in [2.24, 2.45) is 7.05 Å². The van der Waals surface area contributed by atoms with Crippen LogP contribution in [0.4, 0.5) is 5.95 Å². The van der Waals surface area contributed by atoms with E-state index in [9.17, 15) is 9.59 Å². The summed E-state index contributed by atoms with van der Waals surface area (Å²) < 4.78 is 18.4. The van der Waals surface area contributed by atoms with Crippen molar-refractivity contribution in [2.75, 3.05) is 31.2 Å². The number of benzene rings is 1. The molecule has 2 aliphatic heterocycles. The predicted molar refractivity (Wildman–Crippen MR) is 116 cm³/mol. The lowest BCUT2D eigenvalue weighted by Gasteiger charge is -2.39. The summed E-state index contributed by atoms with van der Waals surface area (Å²) in [7, 11) is 1.66. The van der Waals surface area contributed by atoms with Gasteiger partial charge in [-0.1, -0.05) is 30.3 Å². The number of carbonyl (C=O) groups is 1. The van der Waals surface area contributed by atoms with Crippen molar-refractivity contribution in [1.82, 2.24) is 9.55 Å². The average Bonchev–Trinajstić information content (AvgIpc) is 3.24. The first-order valence-corrected chi connectivity index (χ1v) is 10.9. The largest absolute Gasteiger partial charge is 0.481 e. The quantitative estimate of drug-likeness (QED) is 0.656. The molecule has 2 aliphatic rings. The second-order valence-corrected chi connectivity index (χ2v) is 8.07. The molecule has 0 amide bonds. The molecule has 0 bridgehead atoms. The lowest BCUT2D eigenvalue weighted by Crippen LogP contribution is -2.46. The molecule has 8 nitrogen and oxygen atoms in total. The maximum absolute atomic E-state index is 13.2. The number of nitrogens with zero attached hydrogens (tertiary/aromatic N) is 3. The summed E-state index contributed by atoms with van der Waals surface area (Å²) in [5.74, 6) is -0.286. The van der Waals surface area contributed by atoms with Crippen LogP contribution in [0.1, 0.15) is 48.7 Å². The van der Waals surface area contributed by atoms with Crippen LogP contribution in [0.3, 0.4) is 0 Å². The fraction of sp³-hybridized carbons (Fsp3) is 0.522. The topological polar surface area (TPSA) is 82.9 Å². The maximum Gasteiger partial charge on any atom is 0.361 e. The normalized spacial score (nSPS) is 17.7. The number of aromatic nitrogens is 2. The fourth-order valence-corrected chi connectivity index (χ4v) is 4.31. The summed E-state index contributed by atoms with van der Waals surface area (Å²) in [6, 6.07) is 9.47.